The molecule has 2 fully saturated rings. The lowest BCUT2D eigenvalue weighted by Gasteiger charge is -2.30. The molecule has 2 aromatic heterocycles. The highest BCUT2D eigenvalue weighted by Crippen LogP contribution is 2.51. The molecule has 4 aromatic rings. The fraction of sp³-hybridized carbons (Fsp3) is 0.344. The van der Waals surface area contributed by atoms with E-state index in [0.29, 0.717) is 40.5 Å². The Morgan fingerprint density at radius 1 is 1.20 bits per heavy atom. The number of ether oxygens (including phenoxy) is 1. The third-order valence-electron chi connectivity index (χ3n) is 9.20. The molecule has 2 amide bonds. The van der Waals surface area contributed by atoms with Gasteiger partial charge >= 0.3 is 0 Å². The number of aldehydes is 1. The van der Waals surface area contributed by atoms with Crippen LogP contribution in [0.1, 0.15) is 60.3 Å². The number of carbonyl (C=O) groups is 3. The highest BCUT2D eigenvalue weighted by Gasteiger charge is 2.51. The van der Waals surface area contributed by atoms with Gasteiger partial charge in [0.15, 0.2) is 11.6 Å². The SMILES string of the molecule is C[C@]1(C(N)=O)COc2c1cc([C@@](C=O)(CNC(=O)c1cc(Cl)c3nn(C4CC4)cc3c1)C1CC1)nc2-c1ccc(F)c(F)c1Cl. The molecule has 3 N–H and O–H groups in total. The van der Waals surface area contributed by atoms with Gasteiger partial charge in [-0.25, -0.2) is 13.8 Å². The zero-order valence-corrected chi connectivity index (χ0v) is 25.5. The van der Waals surface area contributed by atoms with Gasteiger partial charge in [-0.2, -0.15) is 5.10 Å². The van der Waals surface area contributed by atoms with Crippen LogP contribution in [-0.2, 0) is 20.4 Å². The van der Waals surface area contributed by atoms with Crippen LogP contribution < -0.4 is 15.8 Å². The van der Waals surface area contributed by atoms with Gasteiger partial charge in [0.1, 0.15) is 35.3 Å². The summed E-state index contributed by atoms with van der Waals surface area (Å²) in [6.07, 6.45) is 6.04. The van der Waals surface area contributed by atoms with Crippen molar-refractivity contribution in [2.75, 3.05) is 13.2 Å². The molecular formula is C32H27Cl2F2N5O4. The third kappa shape index (κ3) is 4.75. The minimum absolute atomic E-state index is 0.0108. The van der Waals surface area contributed by atoms with Crippen molar-refractivity contribution < 1.29 is 27.9 Å². The Labute approximate surface area is 266 Å². The number of rotatable bonds is 9. The molecule has 3 heterocycles. The molecule has 1 aliphatic heterocycles. The molecule has 45 heavy (non-hydrogen) atoms. The van der Waals surface area contributed by atoms with Crippen molar-refractivity contribution in [1.82, 2.24) is 20.1 Å². The van der Waals surface area contributed by atoms with Crippen LogP contribution >= 0.6 is 23.2 Å². The molecule has 0 bridgehead atoms. The van der Waals surface area contributed by atoms with Gasteiger partial charge in [0.25, 0.3) is 5.91 Å². The maximum atomic E-state index is 14.6. The lowest BCUT2D eigenvalue weighted by Crippen LogP contribution is -2.45. The number of fused-ring (bicyclic) bond motifs is 2. The zero-order chi connectivity index (χ0) is 31.8. The molecule has 3 aliphatic rings. The van der Waals surface area contributed by atoms with E-state index in [0.717, 1.165) is 30.6 Å². The van der Waals surface area contributed by atoms with Crippen LogP contribution in [0.4, 0.5) is 8.78 Å². The lowest BCUT2D eigenvalue weighted by atomic mass is 9.76. The summed E-state index contributed by atoms with van der Waals surface area (Å²) in [7, 11) is 0. The summed E-state index contributed by atoms with van der Waals surface area (Å²) in [5.74, 6) is -3.64. The van der Waals surface area contributed by atoms with Gasteiger partial charge in [-0.1, -0.05) is 23.2 Å². The summed E-state index contributed by atoms with van der Waals surface area (Å²) in [6, 6.07) is 7.32. The summed E-state index contributed by atoms with van der Waals surface area (Å²) in [5, 5.41) is 7.96. The number of nitrogens with one attached hydrogen (secondary N) is 1. The van der Waals surface area contributed by atoms with E-state index in [4.69, 9.17) is 38.7 Å². The van der Waals surface area contributed by atoms with Gasteiger partial charge in [0.2, 0.25) is 5.91 Å². The van der Waals surface area contributed by atoms with Gasteiger partial charge in [0.05, 0.1) is 27.2 Å². The molecule has 0 spiro atoms. The molecule has 2 aromatic carbocycles. The Bertz CT molecular complexity index is 1940. The second kappa shape index (κ2) is 10.5. The molecule has 0 saturated heterocycles. The van der Waals surface area contributed by atoms with E-state index in [-0.39, 0.29) is 41.8 Å². The van der Waals surface area contributed by atoms with E-state index in [1.54, 1.807) is 19.1 Å². The van der Waals surface area contributed by atoms with Crippen LogP contribution in [0, 0.1) is 17.6 Å². The number of aromatic nitrogens is 3. The van der Waals surface area contributed by atoms with Crippen molar-refractivity contribution in [1.29, 1.82) is 0 Å². The van der Waals surface area contributed by atoms with Gasteiger partial charge in [-0.3, -0.25) is 14.3 Å². The predicted octanol–water partition coefficient (Wildman–Crippen LogP) is 5.43. The largest absolute Gasteiger partial charge is 0.489 e. The van der Waals surface area contributed by atoms with Crippen molar-refractivity contribution in [3.8, 4) is 17.0 Å². The molecule has 0 radical (unpaired) electrons. The Hall–Kier alpha value is -4.09. The highest BCUT2D eigenvalue weighted by atomic mass is 35.5. The number of nitrogens with two attached hydrogens (primary N) is 1. The number of pyridine rings is 1. The van der Waals surface area contributed by atoms with Crippen LogP contribution in [0.25, 0.3) is 22.2 Å². The molecule has 13 heteroatoms. The highest BCUT2D eigenvalue weighted by molar-refractivity contribution is 6.35. The number of hydrogen-bond donors (Lipinski definition) is 2. The van der Waals surface area contributed by atoms with Gasteiger partial charge < -0.3 is 20.6 Å². The first-order valence-corrected chi connectivity index (χ1v) is 15.3. The van der Waals surface area contributed by atoms with Gasteiger partial charge in [0, 0.05) is 34.8 Å². The molecule has 232 valence electrons. The van der Waals surface area contributed by atoms with E-state index < -0.39 is 39.3 Å². The number of primary amides is 1. The Balaban J connectivity index is 1.30. The van der Waals surface area contributed by atoms with Crippen LogP contribution in [0.5, 0.6) is 5.75 Å². The first-order valence-electron chi connectivity index (χ1n) is 14.5. The number of halogens is 4. The van der Waals surface area contributed by atoms with E-state index >= 15 is 0 Å². The fourth-order valence-corrected chi connectivity index (χ4v) is 6.56. The first kappa shape index (κ1) is 29.6. The number of hydrogen-bond acceptors (Lipinski definition) is 6. The summed E-state index contributed by atoms with van der Waals surface area (Å²) in [5.41, 5.74) is 4.62. The van der Waals surface area contributed by atoms with Gasteiger partial charge in [-0.05, 0) is 68.9 Å². The van der Waals surface area contributed by atoms with Crippen molar-refractivity contribution in [3.05, 3.63) is 75.0 Å². The second-order valence-electron chi connectivity index (χ2n) is 12.3. The standard InChI is InChI=1S/C32H27Cl2F2N5O4/c1-31(30(37)44)14-45-28-20(31)10-23(39-27(28)19-6-7-22(35)25(36)24(19)34)32(13-42,17-2-3-17)12-38-29(43)15-8-16-11-41(18-4-5-18)40-26(16)21(33)9-15/h6-11,13,17-18H,2-5,12,14H2,1H3,(H2,37,44)(H,38,43)/t31-,32+/m0/s1. The minimum Gasteiger partial charge on any atom is -0.489 e. The second-order valence-corrected chi connectivity index (χ2v) is 13.1. The Morgan fingerprint density at radius 3 is 2.62 bits per heavy atom. The van der Waals surface area contributed by atoms with Crippen LogP contribution in [0.2, 0.25) is 10.0 Å². The summed E-state index contributed by atoms with van der Waals surface area (Å²) in [4.78, 5) is 44.0. The van der Waals surface area contributed by atoms with Crippen molar-refractivity contribution >= 4 is 52.2 Å². The molecule has 9 nitrogen and oxygen atoms in total. The molecule has 7 rings (SSSR count). The topological polar surface area (TPSA) is 129 Å². The average Bonchev–Trinajstić information content (AvgIpc) is 3.96. The predicted molar refractivity (Wildman–Crippen MR) is 162 cm³/mol. The van der Waals surface area contributed by atoms with Gasteiger partial charge in [-0.15, -0.1) is 0 Å². The quantitative estimate of drug-likeness (QED) is 0.183. The normalized spacial score (nSPS) is 20.4. The Kier molecular flexibility index (Phi) is 6.90. The third-order valence-corrected chi connectivity index (χ3v) is 9.86. The van der Waals surface area contributed by atoms with E-state index in [9.17, 15) is 23.2 Å². The smallest absolute Gasteiger partial charge is 0.251 e. The Morgan fingerprint density at radius 2 is 1.96 bits per heavy atom. The van der Waals surface area contributed by atoms with Crippen molar-refractivity contribution in [2.24, 2.45) is 11.7 Å². The van der Waals surface area contributed by atoms with Crippen molar-refractivity contribution in [3.63, 3.8) is 0 Å². The molecule has 0 unspecified atom stereocenters. The number of benzene rings is 2. The monoisotopic (exact) mass is 653 g/mol. The summed E-state index contributed by atoms with van der Waals surface area (Å²) < 4.78 is 36.4. The summed E-state index contributed by atoms with van der Waals surface area (Å²) >= 11 is 12.7. The van der Waals surface area contributed by atoms with Crippen LogP contribution in [0.15, 0.2) is 36.5 Å². The lowest BCUT2D eigenvalue weighted by molar-refractivity contribution is -0.123. The number of nitrogens with zero attached hydrogens (tertiary/aromatic N) is 3. The van der Waals surface area contributed by atoms with E-state index in [2.05, 4.69) is 10.4 Å². The van der Waals surface area contributed by atoms with Crippen molar-refractivity contribution in [2.45, 2.75) is 49.5 Å². The average molecular weight is 655 g/mol. The molecule has 2 saturated carbocycles. The van der Waals surface area contributed by atoms with E-state index in [1.807, 2.05) is 10.9 Å². The number of amides is 2. The summed E-state index contributed by atoms with van der Waals surface area (Å²) in [6.45, 7) is 1.32. The first-order chi connectivity index (χ1) is 21.5. The van der Waals surface area contributed by atoms with Crippen LogP contribution in [0.3, 0.4) is 0 Å². The number of carbonyl (C=O) groups excluding carboxylic acids is 3. The molecular weight excluding hydrogens is 627 g/mol. The maximum absolute atomic E-state index is 14.6. The van der Waals surface area contributed by atoms with E-state index in [1.165, 1.54) is 12.1 Å². The molecule has 2 aliphatic carbocycles. The molecule has 2 atom stereocenters. The maximum Gasteiger partial charge on any atom is 0.251 e. The van der Waals surface area contributed by atoms with Crippen LogP contribution in [-0.4, -0.2) is 46.0 Å². The minimum atomic E-state index is -1.34. The fourth-order valence-electron chi connectivity index (χ4n) is 6.05. The zero-order valence-electron chi connectivity index (χ0n) is 24.0.